The first kappa shape index (κ1) is 18.2. The van der Waals surface area contributed by atoms with Gasteiger partial charge in [0.2, 0.25) is 10.0 Å². The van der Waals surface area contributed by atoms with Crippen molar-refractivity contribution in [2.45, 2.75) is 23.9 Å². The van der Waals surface area contributed by atoms with Gasteiger partial charge in [-0.3, -0.25) is 4.79 Å². The Hall–Kier alpha value is -2.58. The number of aliphatic carboxylic acids is 1. The molecule has 1 heterocycles. The lowest BCUT2D eigenvalue weighted by atomic mass is 9.96. The van der Waals surface area contributed by atoms with Crippen molar-refractivity contribution in [2.24, 2.45) is 0 Å². The van der Waals surface area contributed by atoms with Crippen molar-refractivity contribution < 1.29 is 27.8 Å². The summed E-state index contributed by atoms with van der Waals surface area (Å²) in [5.74, 6) is -0.715. The molecule has 8 heteroatoms. The monoisotopic (exact) mass is 377 g/mol. The van der Waals surface area contributed by atoms with Gasteiger partial charge in [0.15, 0.2) is 0 Å². The lowest BCUT2D eigenvalue weighted by Gasteiger charge is -2.33. The number of hydrogen-bond donors (Lipinski definition) is 1. The number of benzene rings is 2. The van der Waals surface area contributed by atoms with E-state index in [0.717, 1.165) is 15.4 Å². The molecule has 1 atom stereocenters. The largest absolute Gasteiger partial charge is 0.497 e. The quantitative estimate of drug-likeness (QED) is 0.856. The number of methoxy groups -OCH3 is 2. The molecule has 0 spiro atoms. The molecule has 0 unspecified atom stereocenters. The van der Waals surface area contributed by atoms with Gasteiger partial charge in [0.1, 0.15) is 22.4 Å². The Morgan fingerprint density at radius 2 is 1.81 bits per heavy atom. The van der Waals surface area contributed by atoms with Crippen molar-refractivity contribution >= 4 is 16.0 Å². The first-order chi connectivity index (χ1) is 12.4. The topological polar surface area (TPSA) is 93.1 Å². The molecule has 0 aromatic heterocycles. The number of carbonyl (C=O) groups is 1. The molecule has 0 fully saturated rings. The molecule has 138 valence electrons. The van der Waals surface area contributed by atoms with Crippen LogP contribution in [-0.2, 0) is 27.8 Å². The van der Waals surface area contributed by atoms with E-state index in [1.165, 1.54) is 26.4 Å². The van der Waals surface area contributed by atoms with Crippen LogP contribution in [0.1, 0.15) is 11.1 Å². The summed E-state index contributed by atoms with van der Waals surface area (Å²) in [6.07, 6.45) is 0.108. The summed E-state index contributed by atoms with van der Waals surface area (Å²) < 4.78 is 37.9. The Morgan fingerprint density at radius 3 is 2.42 bits per heavy atom. The minimum absolute atomic E-state index is 0.0180. The summed E-state index contributed by atoms with van der Waals surface area (Å²) >= 11 is 0. The summed E-state index contributed by atoms with van der Waals surface area (Å²) in [6, 6.07) is 10.5. The second-order valence-electron chi connectivity index (χ2n) is 5.89. The zero-order valence-corrected chi connectivity index (χ0v) is 15.2. The highest BCUT2D eigenvalue weighted by molar-refractivity contribution is 7.89. The van der Waals surface area contributed by atoms with Gasteiger partial charge in [-0.1, -0.05) is 24.3 Å². The lowest BCUT2D eigenvalue weighted by molar-refractivity contribution is -0.141. The number of fused-ring (bicyclic) bond motifs is 1. The number of rotatable bonds is 5. The van der Waals surface area contributed by atoms with Crippen LogP contribution in [0.5, 0.6) is 11.5 Å². The van der Waals surface area contributed by atoms with E-state index in [0.29, 0.717) is 5.75 Å². The number of sulfonamides is 1. The maximum atomic E-state index is 13.3. The maximum absolute atomic E-state index is 13.3. The molecule has 2 aromatic carbocycles. The van der Waals surface area contributed by atoms with Crippen molar-refractivity contribution in [3.63, 3.8) is 0 Å². The molecule has 2 aromatic rings. The second kappa shape index (κ2) is 6.97. The molecule has 26 heavy (non-hydrogen) atoms. The zero-order chi connectivity index (χ0) is 18.9. The van der Waals surface area contributed by atoms with Crippen molar-refractivity contribution in [1.82, 2.24) is 4.31 Å². The van der Waals surface area contributed by atoms with Gasteiger partial charge in [0.25, 0.3) is 0 Å². The lowest BCUT2D eigenvalue weighted by Crippen LogP contribution is -2.48. The van der Waals surface area contributed by atoms with Crippen LogP contribution in [-0.4, -0.2) is 44.1 Å². The number of nitrogens with zero attached hydrogens (tertiary/aromatic N) is 1. The Kier molecular flexibility index (Phi) is 4.88. The summed E-state index contributed by atoms with van der Waals surface area (Å²) in [4.78, 5) is 11.6. The van der Waals surface area contributed by atoms with E-state index < -0.39 is 22.0 Å². The van der Waals surface area contributed by atoms with E-state index in [2.05, 4.69) is 0 Å². The number of carboxylic acid groups (broad SMARTS) is 1. The third-order valence-electron chi connectivity index (χ3n) is 4.45. The Morgan fingerprint density at radius 1 is 1.12 bits per heavy atom. The first-order valence-electron chi connectivity index (χ1n) is 7.92. The van der Waals surface area contributed by atoms with E-state index in [9.17, 15) is 18.3 Å². The molecule has 0 saturated carbocycles. The molecule has 3 rings (SSSR count). The van der Waals surface area contributed by atoms with Crippen LogP contribution in [0.15, 0.2) is 47.4 Å². The highest BCUT2D eigenvalue weighted by Crippen LogP contribution is 2.35. The Labute approximate surface area is 151 Å². The van der Waals surface area contributed by atoms with Gasteiger partial charge in [-0.05, 0) is 23.3 Å². The standard InChI is InChI=1S/C18H19NO6S/c1-24-14-7-8-16(25-2)17(10-14)26(22,23)19-11-13-6-4-3-5-12(13)9-15(19)18(20)21/h3-8,10,15H,9,11H2,1-2H3,(H,20,21)/t15-/m1/s1. The average Bonchev–Trinajstić information content (AvgIpc) is 2.66. The van der Waals surface area contributed by atoms with Gasteiger partial charge in [-0.15, -0.1) is 0 Å². The number of ether oxygens (including phenoxy) is 2. The van der Waals surface area contributed by atoms with Gasteiger partial charge in [0, 0.05) is 19.0 Å². The number of carboxylic acids is 1. The van der Waals surface area contributed by atoms with Crippen molar-refractivity contribution in [2.75, 3.05) is 14.2 Å². The summed E-state index contributed by atoms with van der Waals surface area (Å²) in [5, 5.41) is 9.61. The van der Waals surface area contributed by atoms with Crippen LogP contribution in [0.25, 0.3) is 0 Å². The van der Waals surface area contributed by atoms with Gasteiger partial charge in [-0.25, -0.2) is 8.42 Å². The molecule has 1 aliphatic heterocycles. The predicted molar refractivity (Wildman–Crippen MR) is 93.8 cm³/mol. The highest BCUT2D eigenvalue weighted by Gasteiger charge is 2.40. The SMILES string of the molecule is COc1ccc(OC)c(S(=O)(=O)N2Cc3ccccc3C[C@@H]2C(=O)O)c1. The smallest absolute Gasteiger partial charge is 0.322 e. The molecule has 0 amide bonds. The molecule has 0 radical (unpaired) electrons. The fourth-order valence-electron chi connectivity index (χ4n) is 3.07. The summed E-state index contributed by atoms with van der Waals surface area (Å²) in [7, 11) is -1.34. The van der Waals surface area contributed by atoms with Crippen LogP contribution in [0.3, 0.4) is 0 Å². The second-order valence-corrected chi connectivity index (χ2v) is 7.75. The van der Waals surface area contributed by atoms with Gasteiger partial charge in [0.05, 0.1) is 14.2 Å². The maximum Gasteiger partial charge on any atom is 0.322 e. The molecule has 7 nitrogen and oxygen atoms in total. The molecule has 0 bridgehead atoms. The average molecular weight is 377 g/mol. The predicted octanol–water partition coefficient (Wildman–Crippen LogP) is 1.90. The zero-order valence-electron chi connectivity index (χ0n) is 14.4. The highest BCUT2D eigenvalue weighted by atomic mass is 32.2. The Balaban J connectivity index is 2.12. The van der Waals surface area contributed by atoms with Crippen LogP contribution in [0, 0.1) is 0 Å². The fraction of sp³-hybridized carbons (Fsp3) is 0.278. The van der Waals surface area contributed by atoms with Gasteiger partial charge >= 0.3 is 5.97 Å². The van der Waals surface area contributed by atoms with Crippen molar-refractivity contribution in [3.8, 4) is 11.5 Å². The molecule has 0 saturated heterocycles. The van der Waals surface area contributed by atoms with Gasteiger partial charge < -0.3 is 14.6 Å². The fourth-order valence-corrected chi connectivity index (χ4v) is 4.81. The van der Waals surface area contributed by atoms with E-state index in [1.807, 2.05) is 12.1 Å². The third-order valence-corrected chi connectivity index (χ3v) is 6.32. The molecule has 1 N–H and O–H groups in total. The first-order valence-corrected chi connectivity index (χ1v) is 9.36. The Bertz CT molecular complexity index is 940. The van der Waals surface area contributed by atoms with Crippen molar-refractivity contribution in [1.29, 1.82) is 0 Å². The molecule has 1 aliphatic rings. The molecular formula is C18H19NO6S. The van der Waals surface area contributed by atoms with E-state index >= 15 is 0 Å². The van der Waals surface area contributed by atoms with Gasteiger partial charge in [-0.2, -0.15) is 4.31 Å². The summed E-state index contributed by atoms with van der Waals surface area (Å²) in [6.45, 7) is -0.0180. The van der Waals surface area contributed by atoms with Crippen LogP contribution in [0.2, 0.25) is 0 Å². The normalized spacial score (nSPS) is 17.4. The molecular weight excluding hydrogens is 358 g/mol. The number of hydrogen-bond acceptors (Lipinski definition) is 5. The van der Waals surface area contributed by atoms with Crippen LogP contribution >= 0.6 is 0 Å². The van der Waals surface area contributed by atoms with E-state index in [-0.39, 0.29) is 23.6 Å². The van der Waals surface area contributed by atoms with Crippen LogP contribution in [0.4, 0.5) is 0 Å². The minimum atomic E-state index is -4.13. The van der Waals surface area contributed by atoms with Crippen molar-refractivity contribution in [3.05, 3.63) is 53.6 Å². The van der Waals surface area contributed by atoms with E-state index in [1.54, 1.807) is 18.2 Å². The third kappa shape index (κ3) is 3.13. The summed E-state index contributed by atoms with van der Waals surface area (Å²) in [5.41, 5.74) is 1.62. The van der Waals surface area contributed by atoms with Crippen LogP contribution < -0.4 is 9.47 Å². The molecule has 0 aliphatic carbocycles. The minimum Gasteiger partial charge on any atom is -0.497 e. The van der Waals surface area contributed by atoms with E-state index in [4.69, 9.17) is 9.47 Å².